The largest absolute Gasteiger partial charge is 0.477 e. The van der Waals surface area contributed by atoms with E-state index in [4.69, 9.17) is 5.10 Å². The van der Waals surface area contributed by atoms with E-state index in [1.54, 1.807) is 6.92 Å². The average Bonchev–Trinajstić information content (AvgIpc) is 3.36. The number of benzene rings is 2. The zero-order valence-corrected chi connectivity index (χ0v) is 18.0. The van der Waals surface area contributed by atoms with Crippen LogP contribution >= 0.6 is 11.3 Å². The molecular formula is C25H23N3O2S. The molecule has 0 spiro atoms. The number of carbonyl (C=O) groups is 1. The molecule has 3 aromatic rings. The molecule has 0 bridgehead atoms. The summed E-state index contributed by atoms with van der Waals surface area (Å²) in [6.45, 7) is 1.75. The Morgan fingerprint density at radius 2 is 1.84 bits per heavy atom. The van der Waals surface area contributed by atoms with E-state index in [9.17, 15) is 9.90 Å². The van der Waals surface area contributed by atoms with Gasteiger partial charge in [0.05, 0.1) is 17.4 Å². The van der Waals surface area contributed by atoms with Crippen molar-refractivity contribution in [3.63, 3.8) is 0 Å². The second-order valence-electron chi connectivity index (χ2n) is 7.98. The summed E-state index contributed by atoms with van der Waals surface area (Å²) in [6, 6.07) is 20.7. The molecule has 156 valence electrons. The third-order valence-electron chi connectivity index (χ3n) is 5.96. The van der Waals surface area contributed by atoms with Crippen LogP contribution in [-0.2, 0) is 0 Å². The Labute approximate surface area is 185 Å². The topological polar surface area (TPSA) is 65.8 Å². The molecule has 0 saturated heterocycles. The molecule has 1 fully saturated rings. The van der Waals surface area contributed by atoms with Crippen LogP contribution in [0.4, 0.5) is 5.13 Å². The molecule has 31 heavy (non-hydrogen) atoms. The van der Waals surface area contributed by atoms with Crippen molar-refractivity contribution in [3.05, 3.63) is 87.9 Å². The molecule has 2 aromatic carbocycles. The fraction of sp³-hybridized carbons (Fsp3) is 0.240. The van der Waals surface area contributed by atoms with Gasteiger partial charge < -0.3 is 5.11 Å². The van der Waals surface area contributed by atoms with E-state index in [1.807, 2.05) is 41.4 Å². The van der Waals surface area contributed by atoms with Crippen molar-refractivity contribution in [3.8, 4) is 0 Å². The Kier molecular flexibility index (Phi) is 5.16. The van der Waals surface area contributed by atoms with Gasteiger partial charge in [-0.15, -0.1) is 0 Å². The van der Waals surface area contributed by atoms with Crippen molar-refractivity contribution >= 4 is 34.2 Å². The number of nitrogens with zero attached hydrogens (tertiary/aromatic N) is 3. The SMILES string of the molecule is Cc1nc(N2N=C3/C(=C\c4ccccc4)CCC[C@H]3[C@@H]2c2ccccc2)sc1C(=O)O. The van der Waals surface area contributed by atoms with E-state index < -0.39 is 5.97 Å². The molecule has 1 aliphatic carbocycles. The van der Waals surface area contributed by atoms with Gasteiger partial charge in [-0.2, -0.15) is 5.10 Å². The van der Waals surface area contributed by atoms with Crippen LogP contribution in [0.1, 0.15) is 51.8 Å². The number of aryl methyl sites for hydroxylation is 1. The molecule has 5 rings (SSSR count). The maximum atomic E-state index is 11.6. The molecular weight excluding hydrogens is 406 g/mol. The van der Waals surface area contributed by atoms with Gasteiger partial charge in [-0.05, 0) is 49.0 Å². The standard InChI is InChI=1S/C25H23N3O2S/c1-16-23(24(29)30)31-25(26-16)28-22(18-11-6-3-7-12-18)20-14-8-13-19(21(20)27-28)15-17-9-4-2-5-10-17/h2-7,9-12,15,20,22H,8,13-14H2,1H3,(H,29,30)/b19-15-/t20-,22+/m1/s1. The number of hydrazone groups is 1. The Morgan fingerprint density at radius 3 is 2.52 bits per heavy atom. The molecule has 0 amide bonds. The van der Waals surface area contributed by atoms with Crippen LogP contribution in [0.2, 0.25) is 0 Å². The summed E-state index contributed by atoms with van der Waals surface area (Å²) >= 11 is 1.20. The van der Waals surface area contributed by atoms with Crippen LogP contribution in [0.5, 0.6) is 0 Å². The lowest BCUT2D eigenvalue weighted by Crippen LogP contribution is -2.28. The third kappa shape index (κ3) is 3.68. The second-order valence-corrected chi connectivity index (χ2v) is 8.96. The molecule has 5 nitrogen and oxygen atoms in total. The van der Waals surface area contributed by atoms with Crippen LogP contribution < -0.4 is 5.01 Å². The number of anilines is 1. The van der Waals surface area contributed by atoms with Crippen LogP contribution in [-0.4, -0.2) is 21.8 Å². The second kappa shape index (κ2) is 8.12. The summed E-state index contributed by atoms with van der Waals surface area (Å²) in [5, 5.41) is 17.2. The molecule has 6 heteroatoms. The predicted molar refractivity (Wildman–Crippen MR) is 125 cm³/mol. The minimum absolute atomic E-state index is 0.0165. The van der Waals surface area contributed by atoms with Gasteiger partial charge in [0.1, 0.15) is 4.88 Å². The van der Waals surface area contributed by atoms with E-state index >= 15 is 0 Å². The van der Waals surface area contributed by atoms with E-state index in [0.717, 1.165) is 25.0 Å². The minimum Gasteiger partial charge on any atom is -0.477 e. The number of carboxylic acids is 1. The highest BCUT2D eigenvalue weighted by molar-refractivity contribution is 7.17. The first-order valence-corrected chi connectivity index (χ1v) is 11.3. The van der Waals surface area contributed by atoms with Gasteiger partial charge in [0.2, 0.25) is 5.13 Å². The summed E-state index contributed by atoms with van der Waals surface area (Å²) in [6.07, 6.45) is 5.40. The number of thiazole rings is 1. The number of aromatic nitrogens is 1. The van der Waals surface area contributed by atoms with E-state index in [0.29, 0.717) is 10.8 Å². The van der Waals surface area contributed by atoms with Crippen molar-refractivity contribution in [2.24, 2.45) is 11.0 Å². The van der Waals surface area contributed by atoms with Gasteiger partial charge in [-0.3, -0.25) is 0 Å². The molecule has 1 saturated carbocycles. The van der Waals surface area contributed by atoms with Gasteiger partial charge in [0.15, 0.2) is 0 Å². The zero-order chi connectivity index (χ0) is 21.4. The number of rotatable bonds is 4. The van der Waals surface area contributed by atoms with Crippen LogP contribution in [0.15, 0.2) is 71.3 Å². The number of aromatic carboxylic acids is 1. The van der Waals surface area contributed by atoms with Crippen molar-refractivity contribution < 1.29 is 9.90 Å². The highest BCUT2D eigenvalue weighted by Gasteiger charge is 2.43. The summed E-state index contributed by atoms with van der Waals surface area (Å²) in [7, 11) is 0. The van der Waals surface area contributed by atoms with Crippen molar-refractivity contribution in [2.75, 3.05) is 5.01 Å². The molecule has 1 aromatic heterocycles. The number of fused-ring (bicyclic) bond motifs is 1. The van der Waals surface area contributed by atoms with Gasteiger partial charge in [0.25, 0.3) is 0 Å². The maximum Gasteiger partial charge on any atom is 0.347 e. The van der Waals surface area contributed by atoms with E-state index in [1.165, 1.54) is 28.0 Å². The molecule has 1 aliphatic heterocycles. The van der Waals surface area contributed by atoms with E-state index in [-0.39, 0.29) is 16.8 Å². The number of hydrogen-bond acceptors (Lipinski definition) is 5. The lowest BCUT2D eigenvalue weighted by Gasteiger charge is -2.29. The average molecular weight is 430 g/mol. The first kappa shape index (κ1) is 19.7. The fourth-order valence-corrected chi connectivity index (χ4v) is 5.46. The van der Waals surface area contributed by atoms with Gasteiger partial charge in [0, 0.05) is 5.92 Å². The lowest BCUT2D eigenvalue weighted by molar-refractivity contribution is 0.0701. The quantitative estimate of drug-likeness (QED) is 0.556. The van der Waals surface area contributed by atoms with Gasteiger partial charge in [-0.1, -0.05) is 72.0 Å². The Balaban J connectivity index is 1.61. The monoisotopic (exact) mass is 429 g/mol. The fourth-order valence-electron chi connectivity index (χ4n) is 4.57. The first-order valence-electron chi connectivity index (χ1n) is 10.5. The van der Waals surface area contributed by atoms with Crippen LogP contribution in [0, 0.1) is 12.8 Å². The smallest absolute Gasteiger partial charge is 0.347 e. The number of allylic oxidation sites excluding steroid dienone is 1. The minimum atomic E-state index is -0.938. The highest BCUT2D eigenvalue weighted by Crippen LogP contribution is 2.47. The predicted octanol–water partition coefficient (Wildman–Crippen LogP) is 5.95. The van der Waals surface area contributed by atoms with Gasteiger partial charge in [-0.25, -0.2) is 14.8 Å². The highest BCUT2D eigenvalue weighted by atomic mass is 32.1. The van der Waals surface area contributed by atoms with Gasteiger partial charge >= 0.3 is 5.97 Å². The lowest BCUT2D eigenvalue weighted by atomic mass is 9.77. The number of carboxylic acid groups (broad SMARTS) is 1. The van der Waals surface area contributed by atoms with Crippen LogP contribution in [0.25, 0.3) is 6.08 Å². The molecule has 2 atom stereocenters. The summed E-state index contributed by atoms with van der Waals surface area (Å²) < 4.78 is 0. The number of hydrogen-bond donors (Lipinski definition) is 1. The maximum absolute atomic E-state index is 11.6. The summed E-state index contributed by atoms with van der Waals surface area (Å²) in [5.74, 6) is -0.685. The van der Waals surface area contributed by atoms with Crippen molar-refractivity contribution in [1.29, 1.82) is 0 Å². The van der Waals surface area contributed by atoms with E-state index in [2.05, 4.69) is 35.3 Å². The first-order chi connectivity index (χ1) is 15.1. The molecule has 0 radical (unpaired) electrons. The molecule has 1 N–H and O–H groups in total. The zero-order valence-electron chi connectivity index (χ0n) is 17.2. The Hall–Kier alpha value is -3.25. The third-order valence-corrected chi connectivity index (χ3v) is 7.09. The van der Waals surface area contributed by atoms with Crippen LogP contribution in [0.3, 0.4) is 0 Å². The normalized spacial score (nSPS) is 21.8. The summed E-state index contributed by atoms with van der Waals surface area (Å²) in [5.41, 5.74) is 5.26. The van der Waals surface area contributed by atoms with Crippen molar-refractivity contribution in [2.45, 2.75) is 32.2 Å². The Bertz CT molecular complexity index is 1170. The molecule has 2 heterocycles. The molecule has 0 unspecified atom stereocenters. The Morgan fingerprint density at radius 1 is 1.13 bits per heavy atom. The molecule has 2 aliphatic rings. The summed E-state index contributed by atoms with van der Waals surface area (Å²) in [4.78, 5) is 16.5. The van der Waals surface area contributed by atoms with Crippen molar-refractivity contribution in [1.82, 2.24) is 4.98 Å².